The van der Waals surface area contributed by atoms with E-state index in [0.29, 0.717) is 11.3 Å². The van der Waals surface area contributed by atoms with Gasteiger partial charge in [0.05, 0.1) is 25.3 Å². The summed E-state index contributed by atoms with van der Waals surface area (Å²) < 4.78 is 49.3. The van der Waals surface area contributed by atoms with E-state index in [1.807, 2.05) is 0 Å². The van der Waals surface area contributed by atoms with Gasteiger partial charge in [0.1, 0.15) is 11.8 Å². The van der Waals surface area contributed by atoms with E-state index in [2.05, 4.69) is 10.1 Å². The van der Waals surface area contributed by atoms with Gasteiger partial charge < -0.3 is 14.8 Å². The fraction of sp³-hybridized carbons (Fsp3) is 0.263. The van der Waals surface area contributed by atoms with Gasteiger partial charge in [-0.05, 0) is 23.8 Å². The minimum atomic E-state index is -4.70. The lowest BCUT2D eigenvalue weighted by Gasteiger charge is -2.19. The Bertz CT molecular complexity index is 821. The molecule has 0 heterocycles. The molecule has 1 atom stereocenters. The lowest BCUT2D eigenvalue weighted by Crippen LogP contribution is -2.43. The largest absolute Gasteiger partial charge is 0.496 e. The van der Waals surface area contributed by atoms with Gasteiger partial charge in [0.25, 0.3) is 5.91 Å². The SMILES string of the molecule is COC(=O)[C@@H](Cc1ccccc1OC)NC(=O)c1ccccc1C(F)(F)F. The van der Waals surface area contributed by atoms with Crippen LogP contribution in [0.15, 0.2) is 48.5 Å². The molecule has 5 nitrogen and oxygen atoms in total. The van der Waals surface area contributed by atoms with Crippen LogP contribution < -0.4 is 10.1 Å². The summed E-state index contributed by atoms with van der Waals surface area (Å²) in [5, 5.41) is 2.33. The van der Waals surface area contributed by atoms with Crippen LogP contribution in [0.4, 0.5) is 13.2 Å². The van der Waals surface area contributed by atoms with Gasteiger partial charge in [0.15, 0.2) is 0 Å². The van der Waals surface area contributed by atoms with E-state index < -0.39 is 35.2 Å². The Balaban J connectivity index is 2.30. The number of hydrogen-bond donors (Lipinski definition) is 1. The van der Waals surface area contributed by atoms with Crippen molar-refractivity contribution in [1.29, 1.82) is 0 Å². The van der Waals surface area contributed by atoms with Crippen LogP contribution in [0.5, 0.6) is 5.75 Å². The zero-order valence-corrected chi connectivity index (χ0v) is 14.7. The van der Waals surface area contributed by atoms with Gasteiger partial charge in [-0.15, -0.1) is 0 Å². The standard InChI is InChI=1S/C19H18F3NO4/c1-26-16-10-6-3-7-12(16)11-15(18(25)27-2)23-17(24)13-8-4-5-9-14(13)19(20,21)22/h3-10,15H,11H2,1-2H3,(H,23,24)/t15-/m1/s1. The molecule has 8 heteroatoms. The van der Waals surface area contributed by atoms with Crippen molar-refractivity contribution in [3.05, 3.63) is 65.2 Å². The number of carbonyl (C=O) groups is 2. The number of hydrogen-bond acceptors (Lipinski definition) is 4. The molecule has 0 saturated heterocycles. The number of ether oxygens (including phenoxy) is 2. The van der Waals surface area contributed by atoms with Crippen LogP contribution in [0.3, 0.4) is 0 Å². The molecule has 2 aromatic rings. The summed E-state index contributed by atoms with van der Waals surface area (Å²) in [5.74, 6) is -1.32. The highest BCUT2D eigenvalue weighted by atomic mass is 19.4. The maximum atomic E-state index is 13.1. The summed E-state index contributed by atoms with van der Waals surface area (Å²) in [7, 11) is 2.58. The highest BCUT2D eigenvalue weighted by Gasteiger charge is 2.35. The number of para-hydroxylation sites is 1. The Morgan fingerprint density at radius 2 is 1.67 bits per heavy atom. The first-order chi connectivity index (χ1) is 12.8. The van der Waals surface area contributed by atoms with Crippen LogP contribution >= 0.6 is 0 Å². The van der Waals surface area contributed by atoms with Crippen LogP contribution in [-0.4, -0.2) is 32.1 Å². The summed E-state index contributed by atoms with van der Waals surface area (Å²) in [6.45, 7) is 0. The summed E-state index contributed by atoms with van der Waals surface area (Å²) in [5.41, 5.74) is -1.05. The number of nitrogens with one attached hydrogen (secondary N) is 1. The molecule has 0 fully saturated rings. The summed E-state index contributed by atoms with van der Waals surface area (Å²) in [6, 6.07) is 9.98. The first kappa shape index (κ1) is 20.3. The number of amides is 1. The normalized spacial score (nSPS) is 12.2. The van der Waals surface area contributed by atoms with E-state index in [9.17, 15) is 22.8 Å². The maximum absolute atomic E-state index is 13.1. The van der Waals surface area contributed by atoms with Crippen molar-refractivity contribution < 1.29 is 32.2 Å². The van der Waals surface area contributed by atoms with Gasteiger partial charge in [-0.2, -0.15) is 13.2 Å². The first-order valence-corrected chi connectivity index (χ1v) is 7.94. The predicted molar refractivity (Wildman–Crippen MR) is 91.4 cm³/mol. The average molecular weight is 381 g/mol. The zero-order chi connectivity index (χ0) is 20.0. The second-order valence-corrected chi connectivity index (χ2v) is 5.61. The fourth-order valence-corrected chi connectivity index (χ4v) is 2.59. The molecule has 0 unspecified atom stereocenters. The summed E-state index contributed by atoms with van der Waals surface area (Å²) in [6.07, 6.45) is -4.70. The van der Waals surface area contributed by atoms with E-state index in [1.165, 1.54) is 19.2 Å². The average Bonchev–Trinajstić information content (AvgIpc) is 2.66. The maximum Gasteiger partial charge on any atom is 0.417 e. The van der Waals surface area contributed by atoms with Crippen molar-refractivity contribution in [1.82, 2.24) is 5.32 Å². The van der Waals surface area contributed by atoms with Crippen molar-refractivity contribution in [2.24, 2.45) is 0 Å². The molecule has 2 aromatic carbocycles. The van der Waals surface area contributed by atoms with Crippen molar-refractivity contribution in [3.8, 4) is 5.75 Å². The number of carbonyl (C=O) groups excluding carboxylic acids is 2. The van der Waals surface area contributed by atoms with Crippen LogP contribution in [0, 0.1) is 0 Å². The Hall–Kier alpha value is -3.03. The Morgan fingerprint density at radius 1 is 1.04 bits per heavy atom. The van der Waals surface area contributed by atoms with Crippen molar-refractivity contribution >= 4 is 11.9 Å². The van der Waals surface area contributed by atoms with E-state index in [4.69, 9.17) is 4.74 Å². The van der Waals surface area contributed by atoms with Crippen LogP contribution in [0.1, 0.15) is 21.5 Å². The van der Waals surface area contributed by atoms with Crippen LogP contribution in [0.25, 0.3) is 0 Å². The molecule has 0 radical (unpaired) electrons. The monoisotopic (exact) mass is 381 g/mol. The molecule has 144 valence electrons. The summed E-state index contributed by atoms with van der Waals surface area (Å²) >= 11 is 0. The Labute approximate surface area is 154 Å². The van der Waals surface area contributed by atoms with Gasteiger partial charge >= 0.3 is 12.1 Å². The van der Waals surface area contributed by atoms with E-state index in [0.717, 1.165) is 19.2 Å². The number of benzene rings is 2. The van der Waals surface area contributed by atoms with Gasteiger partial charge in [-0.3, -0.25) is 4.79 Å². The van der Waals surface area contributed by atoms with E-state index in [1.54, 1.807) is 24.3 Å². The number of esters is 1. The van der Waals surface area contributed by atoms with Crippen molar-refractivity contribution in [2.45, 2.75) is 18.6 Å². The molecule has 0 aromatic heterocycles. The topological polar surface area (TPSA) is 64.6 Å². The third-order valence-electron chi connectivity index (χ3n) is 3.88. The highest BCUT2D eigenvalue weighted by Crippen LogP contribution is 2.32. The number of alkyl halides is 3. The second kappa shape index (κ2) is 8.57. The lowest BCUT2D eigenvalue weighted by molar-refractivity contribution is -0.142. The molecule has 0 saturated carbocycles. The lowest BCUT2D eigenvalue weighted by atomic mass is 10.0. The Morgan fingerprint density at radius 3 is 2.30 bits per heavy atom. The minimum Gasteiger partial charge on any atom is -0.496 e. The third kappa shape index (κ3) is 4.99. The molecule has 0 bridgehead atoms. The van der Waals surface area contributed by atoms with Gasteiger partial charge in [0.2, 0.25) is 0 Å². The molecule has 1 amide bonds. The summed E-state index contributed by atoms with van der Waals surface area (Å²) in [4.78, 5) is 24.5. The number of rotatable bonds is 6. The zero-order valence-electron chi connectivity index (χ0n) is 14.7. The molecule has 1 N–H and O–H groups in total. The minimum absolute atomic E-state index is 0.00336. The fourth-order valence-electron chi connectivity index (χ4n) is 2.59. The molecule has 27 heavy (non-hydrogen) atoms. The van der Waals surface area contributed by atoms with Crippen LogP contribution in [0.2, 0.25) is 0 Å². The number of methoxy groups -OCH3 is 2. The van der Waals surface area contributed by atoms with E-state index >= 15 is 0 Å². The molecular formula is C19H18F3NO4. The molecule has 0 spiro atoms. The van der Waals surface area contributed by atoms with Gasteiger partial charge in [0, 0.05) is 6.42 Å². The van der Waals surface area contributed by atoms with Gasteiger partial charge in [-0.1, -0.05) is 30.3 Å². The highest BCUT2D eigenvalue weighted by molar-refractivity contribution is 5.98. The number of halogens is 3. The quantitative estimate of drug-likeness (QED) is 0.781. The third-order valence-corrected chi connectivity index (χ3v) is 3.88. The predicted octanol–water partition coefficient (Wildman–Crippen LogP) is 3.23. The van der Waals surface area contributed by atoms with Gasteiger partial charge in [-0.25, -0.2) is 4.79 Å². The second-order valence-electron chi connectivity index (χ2n) is 5.61. The first-order valence-electron chi connectivity index (χ1n) is 7.94. The van der Waals surface area contributed by atoms with E-state index in [-0.39, 0.29) is 6.42 Å². The molecular weight excluding hydrogens is 363 g/mol. The van der Waals surface area contributed by atoms with Crippen molar-refractivity contribution in [3.63, 3.8) is 0 Å². The van der Waals surface area contributed by atoms with Crippen LogP contribution in [-0.2, 0) is 22.1 Å². The van der Waals surface area contributed by atoms with Crippen molar-refractivity contribution in [2.75, 3.05) is 14.2 Å². The Kier molecular flexibility index (Phi) is 6.44. The molecule has 0 aliphatic carbocycles. The molecule has 2 rings (SSSR count). The molecule has 0 aliphatic heterocycles. The molecule has 0 aliphatic rings. The smallest absolute Gasteiger partial charge is 0.417 e.